The Morgan fingerprint density at radius 1 is 0.645 bits per heavy atom. The van der Waals surface area contributed by atoms with Gasteiger partial charge in [0.2, 0.25) is 0 Å². The second kappa shape index (κ2) is 22.4. The summed E-state index contributed by atoms with van der Waals surface area (Å²) in [6.07, 6.45) is 23.9. The summed E-state index contributed by atoms with van der Waals surface area (Å²) in [5.41, 5.74) is 0.681. The van der Waals surface area contributed by atoms with E-state index in [1.54, 1.807) is 0 Å². The molecule has 0 saturated carbocycles. The molecular formula is C29H56O2. The first-order valence-corrected chi connectivity index (χ1v) is 13.9. The summed E-state index contributed by atoms with van der Waals surface area (Å²) in [4.78, 5) is 12.5. The van der Waals surface area contributed by atoms with Gasteiger partial charge >= 0.3 is 5.97 Å². The third-order valence-corrected chi connectivity index (χ3v) is 6.75. The van der Waals surface area contributed by atoms with Gasteiger partial charge in [0, 0.05) is 5.57 Å². The van der Waals surface area contributed by atoms with Crippen LogP contribution in [0.3, 0.4) is 0 Å². The molecule has 2 heteroatoms. The molecule has 31 heavy (non-hydrogen) atoms. The van der Waals surface area contributed by atoms with E-state index < -0.39 is 0 Å². The van der Waals surface area contributed by atoms with Crippen molar-refractivity contribution < 1.29 is 9.53 Å². The number of unbranched alkanes of at least 4 members (excludes halogenated alkanes) is 11. The van der Waals surface area contributed by atoms with Gasteiger partial charge in [-0.2, -0.15) is 0 Å². The Kier molecular flexibility index (Phi) is 21.8. The Morgan fingerprint density at radius 3 is 1.58 bits per heavy atom. The van der Waals surface area contributed by atoms with E-state index in [0.29, 0.717) is 24.0 Å². The number of hydrogen-bond donors (Lipinski definition) is 0. The van der Waals surface area contributed by atoms with E-state index in [4.69, 9.17) is 4.74 Å². The zero-order chi connectivity index (χ0) is 23.2. The molecule has 0 aliphatic heterocycles. The molecule has 0 heterocycles. The van der Waals surface area contributed by atoms with E-state index in [1.807, 2.05) is 0 Å². The molecule has 2 nitrogen and oxygen atoms in total. The molecule has 0 rings (SSSR count). The fraction of sp³-hybridized carbons (Fsp3) is 0.897. The molecule has 0 aromatic carbocycles. The minimum Gasteiger partial charge on any atom is -0.462 e. The largest absolute Gasteiger partial charge is 0.462 e. The van der Waals surface area contributed by atoms with Crippen molar-refractivity contribution in [1.29, 1.82) is 0 Å². The maximum Gasteiger partial charge on any atom is 0.333 e. The lowest BCUT2D eigenvalue weighted by molar-refractivity contribution is -0.140. The van der Waals surface area contributed by atoms with E-state index >= 15 is 0 Å². The highest BCUT2D eigenvalue weighted by Gasteiger charge is 2.17. The summed E-state index contributed by atoms with van der Waals surface area (Å²) in [5.74, 6) is 0.948. The normalized spacial score (nSPS) is 13.2. The average molecular weight is 437 g/mol. The van der Waals surface area contributed by atoms with Crippen molar-refractivity contribution in [2.24, 2.45) is 11.8 Å². The standard InChI is InChI=1S/C29H56O2/c1-6-10-13-15-16-18-20-23-28(22-19-17-14-11-7-2)25-31-29(30)26(5)24-27(9-4)21-12-8-3/h27-28H,5-25H2,1-4H3. The Hall–Kier alpha value is -0.790. The zero-order valence-corrected chi connectivity index (χ0v) is 21.8. The summed E-state index contributed by atoms with van der Waals surface area (Å²) in [7, 11) is 0. The smallest absolute Gasteiger partial charge is 0.333 e. The van der Waals surface area contributed by atoms with Gasteiger partial charge in [-0.15, -0.1) is 0 Å². The Morgan fingerprint density at radius 2 is 1.10 bits per heavy atom. The molecule has 0 spiro atoms. The lowest BCUT2D eigenvalue weighted by Crippen LogP contribution is -2.17. The van der Waals surface area contributed by atoms with Gasteiger partial charge in [-0.3, -0.25) is 0 Å². The summed E-state index contributed by atoms with van der Waals surface area (Å²) >= 11 is 0. The Labute approximate surface area is 196 Å². The molecule has 0 aliphatic rings. The lowest BCUT2D eigenvalue weighted by atomic mass is 9.92. The van der Waals surface area contributed by atoms with E-state index in [2.05, 4.69) is 34.3 Å². The molecular weight excluding hydrogens is 380 g/mol. The molecule has 0 aliphatic carbocycles. The van der Waals surface area contributed by atoms with Crippen LogP contribution < -0.4 is 0 Å². The maximum atomic E-state index is 12.5. The van der Waals surface area contributed by atoms with Crippen molar-refractivity contribution in [1.82, 2.24) is 0 Å². The lowest BCUT2D eigenvalue weighted by Gasteiger charge is -2.19. The molecule has 0 aromatic heterocycles. The summed E-state index contributed by atoms with van der Waals surface area (Å²) in [6, 6.07) is 0. The molecule has 0 radical (unpaired) electrons. The van der Waals surface area contributed by atoms with Gasteiger partial charge in [0.15, 0.2) is 0 Å². The minimum absolute atomic E-state index is 0.148. The molecule has 0 fully saturated rings. The van der Waals surface area contributed by atoms with E-state index in [-0.39, 0.29) is 5.97 Å². The second-order valence-corrected chi connectivity index (χ2v) is 9.80. The van der Waals surface area contributed by atoms with Gasteiger partial charge < -0.3 is 4.74 Å². The van der Waals surface area contributed by atoms with Crippen LogP contribution in [0.5, 0.6) is 0 Å². The van der Waals surface area contributed by atoms with Crippen molar-refractivity contribution in [3.05, 3.63) is 12.2 Å². The van der Waals surface area contributed by atoms with Gasteiger partial charge in [-0.25, -0.2) is 4.79 Å². The third kappa shape index (κ3) is 18.5. The van der Waals surface area contributed by atoms with Gasteiger partial charge in [0.25, 0.3) is 0 Å². The molecule has 2 unspecified atom stereocenters. The van der Waals surface area contributed by atoms with E-state index in [1.165, 1.54) is 109 Å². The summed E-state index contributed by atoms with van der Waals surface area (Å²) < 4.78 is 5.77. The van der Waals surface area contributed by atoms with Crippen LogP contribution in [0.4, 0.5) is 0 Å². The topological polar surface area (TPSA) is 26.3 Å². The predicted octanol–water partition coefficient (Wildman–Crippen LogP) is 9.81. The molecule has 0 bridgehead atoms. The fourth-order valence-electron chi connectivity index (χ4n) is 4.41. The first-order valence-electron chi connectivity index (χ1n) is 13.9. The highest BCUT2D eigenvalue weighted by Crippen LogP contribution is 2.23. The maximum absolute atomic E-state index is 12.5. The number of ether oxygens (including phenoxy) is 1. The van der Waals surface area contributed by atoms with Crippen LogP contribution in [-0.4, -0.2) is 12.6 Å². The van der Waals surface area contributed by atoms with Crippen molar-refractivity contribution >= 4 is 5.97 Å². The van der Waals surface area contributed by atoms with Crippen molar-refractivity contribution in [3.8, 4) is 0 Å². The Balaban J connectivity index is 4.34. The number of carbonyl (C=O) groups is 1. The van der Waals surface area contributed by atoms with Gasteiger partial charge in [0.1, 0.15) is 0 Å². The second-order valence-electron chi connectivity index (χ2n) is 9.80. The molecule has 2 atom stereocenters. The van der Waals surface area contributed by atoms with Gasteiger partial charge in [-0.05, 0) is 31.1 Å². The van der Waals surface area contributed by atoms with Crippen LogP contribution in [0.15, 0.2) is 12.2 Å². The van der Waals surface area contributed by atoms with Crippen molar-refractivity contribution in [2.75, 3.05) is 6.61 Å². The van der Waals surface area contributed by atoms with Gasteiger partial charge in [-0.1, -0.05) is 137 Å². The van der Waals surface area contributed by atoms with Crippen LogP contribution in [0.1, 0.15) is 150 Å². The highest BCUT2D eigenvalue weighted by molar-refractivity contribution is 5.87. The number of esters is 1. The van der Waals surface area contributed by atoms with Crippen LogP contribution in [0.25, 0.3) is 0 Å². The number of hydrogen-bond acceptors (Lipinski definition) is 2. The molecule has 0 N–H and O–H groups in total. The minimum atomic E-state index is -0.148. The number of carbonyl (C=O) groups excluding carboxylic acids is 1. The average Bonchev–Trinajstić information content (AvgIpc) is 2.78. The quantitative estimate of drug-likeness (QED) is 0.0904. The van der Waals surface area contributed by atoms with Crippen LogP contribution >= 0.6 is 0 Å². The molecule has 0 aromatic rings. The van der Waals surface area contributed by atoms with Crippen molar-refractivity contribution in [2.45, 2.75) is 150 Å². The van der Waals surface area contributed by atoms with Crippen molar-refractivity contribution in [3.63, 3.8) is 0 Å². The van der Waals surface area contributed by atoms with E-state index in [9.17, 15) is 4.79 Å². The fourth-order valence-corrected chi connectivity index (χ4v) is 4.41. The highest BCUT2D eigenvalue weighted by atomic mass is 16.5. The predicted molar refractivity (Wildman–Crippen MR) is 137 cm³/mol. The molecule has 184 valence electrons. The van der Waals surface area contributed by atoms with Crippen LogP contribution in [0.2, 0.25) is 0 Å². The molecule has 0 amide bonds. The summed E-state index contributed by atoms with van der Waals surface area (Å²) in [6.45, 7) is 13.6. The molecule has 0 saturated heterocycles. The first kappa shape index (κ1) is 30.2. The van der Waals surface area contributed by atoms with Gasteiger partial charge in [0.05, 0.1) is 6.61 Å². The zero-order valence-electron chi connectivity index (χ0n) is 21.8. The van der Waals surface area contributed by atoms with Crippen LogP contribution in [0, 0.1) is 11.8 Å². The summed E-state index contributed by atoms with van der Waals surface area (Å²) in [5, 5.41) is 0. The SMILES string of the molecule is C=C(CC(CC)CCCC)C(=O)OCC(CCCCCCC)CCCCCCCCC. The van der Waals surface area contributed by atoms with E-state index in [0.717, 1.165) is 12.8 Å². The Bertz CT molecular complexity index is 415. The van der Waals surface area contributed by atoms with Crippen LogP contribution in [-0.2, 0) is 9.53 Å². The number of rotatable bonds is 23. The monoisotopic (exact) mass is 436 g/mol. The first-order chi connectivity index (χ1) is 15.1. The third-order valence-electron chi connectivity index (χ3n) is 6.75.